The molecule has 0 bridgehead atoms. The number of para-hydroxylation sites is 2. The lowest BCUT2D eigenvalue weighted by Gasteiger charge is -2.24. The van der Waals surface area contributed by atoms with E-state index < -0.39 is 0 Å². The van der Waals surface area contributed by atoms with Gasteiger partial charge in [0.2, 0.25) is 0 Å². The zero-order valence-electron chi connectivity index (χ0n) is 29.9. The van der Waals surface area contributed by atoms with E-state index in [0.717, 1.165) is 29.9 Å². The lowest BCUT2D eigenvalue weighted by atomic mass is 9.80. The molecule has 0 saturated heterocycles. The fraction of sp³-hybridized carbons (Fsp3) is 0.0980. The summed E-state index contributed by atoms with van der Waals surface area (Å²) in [4.78, 5) is 0. The number of hydrogen-bond acceptors (Lipinski definition) is 1. The summed E-state index contributed by atoms with van der Waals surface area (Å²) in [6.07, 6.45) is 4.25. The van der Waals surface area contributed by atoms with Crippen LogP contribution in [-0.2, 0) is 11.8 Å². The van der Waals surface area contributed by atoms with E-state index in [9.17, 15) is 0 Å². The molecule has 0 spiro atoms. The first-order valence-corrected chi connectivity index (χ1v) is 18.7. The van der Waals surface area contributed by atoms with E-state index in [-0.39, 0.29) is 5.41 Å². The van der Waals surface area contributed by atoms with Gasteiger partial charge in [0.1, 0.15) is 11.3 Å². The van der Waals surface area contributed by atoms with Crippen LogP contribution in [0.15, 0.2) is 162 Å². The summed E-state index contributed by atoms with van der Waals surface area (Å²) < 4.78 is 8.96. The predicted octanol–water partition coefficient (Wildman–Crippen LogP) is 13.7. The Balaban J connectivity index is 1.28. The molecule has 0 amide bonds. The van der Waals surface area contributed by atoms with E-state index >= 15 is 0 Å². The molecule has 0 aliphatic heterocycles. The van der Waals surface area contributed by atoms with E-state index in [2.05, 4.69) is 182 Å². The molecule has 2 aliphatic rings. The number of furan rings is 1. The molecule has 2 nitrogen and oxygen atoms in total. The van der Waals surface area contributed by atoms with Crippen LogP contribution in [0.4, 0.5) is 0 Å². The molecule has 0 saturated carbocycles. The van der Waals surface area contributed by atoms with Gasteiger partial charge in [0.25, 0.3) is 0 Å². The molecule has 0 atom stereocenters. The molecule has 11 rings (SSSR count). The van der Waals surface area contributed by atoms with Crippen molar-refractivity contribution in [1.82, 2.24) is 4.57 Å². The highest BCUT2D eigenvalue weighted by atomic mass is 16.3. The van der Waals surface area contributed by atoms with E-state index in [0.29, 0.717) is 0 Å². The Hall–Kier alpha value is -6.38. The van der Waals surface area contributed by atoms with Crippen LogP contribution in [0.3, 0.4) is 0 Å². The lowest BCUT2D eigenvalue weighted by molar-refractivity contribution is 0.548. The molecule has 252 valence electrons. The van der Waals surface area contributed by atoms with Crippen molar-refractivity contribution in [1.29, 1.82) is 0 Å². The highest BCUT2D eigenvalue weighted by Gasteiger charge is 2.39. The van der Waals surface area contributed by atoms with Crippen molar-refractivity contribution < 1.29 is 4.42 Å². The third-order valence-electron chi connectivity index (χ3n) is 11.9. The third-order valence-corrected chi connectivity index (χ3v) is 11.9. The number of hydrogen-bond donors (Lipinski definition) is 0. The molecule has 2 aromatic heterocycles. The molecule has 2 heteroatoms. The number of aromatic nitrogens is 1. The Bertz CT molecular complexity index is 2900. The fourth-order valence-electron chi connectivity index (χ4n) is 9.38. The Labute approximate surface area is 309 Å². The molecule has 2 aliphatic carbocycles. The number of fused-ring (bicyclic) bond motifs is 9. The van der Waals surface area contributed by atoms with Gasteiger partial charge in [0.05, 0.1) is 11.0 Å². The normalized spacial score (nSPS) is 14.3. The largest absolute Gasteiger partial charge is 0.460 e. The van der Waals surface area contributed by atoms with E-state index in [1.54, 1.807) is 0 Å². The van der Waals surface area contributed by atoms with Gasteiger partial charge in [-0.25, -0.2) is 0 Å². The first-order valence-electron chi connectivity index (χ1n) is 18.7. The van der Waals surface area contributed by atoms with Crippen molar-refractivity contribution in [2.45, 2.75) is 32.1 Å². The number of allylic oxidation sites excluding steroid dienone is 1. The van der Waals surface area contributed by atoms with Crippen molar-refractivity contribution in [3.05, 3.63) is 186 Å². The maximum absolute atomic E-state index is 6.42. The molecule has 53 heavy (non-hydrogen) atoms. The summed E-state index contributed by atoms with van der Waals surface area (Å²) >= 11 is 0. The fourth-order valence-corrected chi connectivity index (χ4v) is 9.38. The van der Waals surface area contributed by atoms with Crippen LogP contribution < -0.4 is 0 Å². The summed E-state index contributed by atoms with van der Waals surface area (Å²) in [5.74, 6) is 1.09. The summed E-state index contributed by atoms with van der Waals surface area (Å²) in [6, 6.07) is 57.8. The quantitative estimate of drug-likeness (QED) is 0.181. The van der Waals surface area contributed by atoms with Crippen molar-refractivity contribution >= 4 is 44.4 Å². The van der Waals surface area contributed by atoms with Crippen molar-refractivity contribution in [3.8, 4) is 39.1 Å². The minimum Gasteiger partial charge on any atom is -0.460 e. The second-order valence-electron chi connectivity index (χ2n) is 15.2. The first-order chi connectivity index (χ1) is 26.0. The highest BCUT2D eigenvalue weighted by Crippen LogP contribution is 2.56. The smallest absolute Gasteiger partial charge is 0.134 e. The molecule has 7 aromatic carbocycles. The molecular formula is C51H37NO. The number of nitrogens with zero attached hydrogens (tertiary/aromatic N) is 1. The molecular weight excluding hydrogens is 643 g/mol. The Morgan fingerprint density at radius 2 is 1.17 bits per heavy atom. The van der Waals surface area contributed by atoms with Crippen LogP contribution in [0.1, 0.15) is 48.3 Å². The molecule has 0 fully saturated rings. The topological polar surface area (TPSA) is 18.1 Å². The van der Waals surface area contributed by atoms with Crippen LogP contribution in [0.25, 0.3) is 83.5 Å². The predicted molar refractivity (Wildman–Crippen MR) is 222 cm³/mol. The maximum Gasteiger partial charge on any atom is 0.134 e. The maximum atomic E-state index is 6.42. The Kier molecular flexibility index (Phi) is 6.46. The second-order valence-corrected chi connectivity index (χ2v) is 15.2. The van der Waals surface area contributed by atoms with Crippen molar-refractivity contribution in [2.24, 2.45) is 0 Å². The van der Waals surface area contributed by atoms with Crippen LogP contribution in [0.5, 0.6) is 0 Å². The Morgan fingerprint density at radius 1 is 0.528 bits per heavy atom. The molecule has 0 radical (unpaired) electrons. The van der Waals surface area contributed by atoms with E-state index in [1.165, 1.54) is 88.4 Å². The molecule has 2 heterocycles. The summed E-state index contributed by atoms with van der Waals surface area (Å²) in [6.45, 7) is 4.81. The van der Waals surface area contributed by atoms with Gasteiger partial charge in [0.15, 0.2) is 0 Å². The first kappa shape index (κ1) is 30.3. The average molecular weight is 680 g/mol. The highest BCUT2D eigenvalue weighted by molar-refractivity contribution is 6.19. The van der Waals surface area contributed by atoms with E-state index in [1.807, 2.05) is 0 Å². The van der Waals surface area contributed by atoms with Gasteiger partial charge in [-0.1, -0.05) is 135 Å². The summed E-state index contributed by atoms with van der Waals surface area (Å²) in [7, 11) is 0. The van der Waals surface area contributed by atoms with Gasteiger partial charge in [0, 0.05) is 39.2 Å². The van der Waals surface area contributed by atoms with Gasteiger partial charge in [-0.2, -0.15) is 0 Å². The van der Waals surface area contributed by atoms with Gasteiger partial charge in [-0.15, -0.1) is 0 Å². The monoisotopic (exact) mass is 679 g/mol. The minimum atomic E-state index is -0.167. The lowest BCUT2D eigenvalue weighted by Crippen LogP contribution is -2.15. The van der Waals surface area contributed by atoms with Crippen molar-refractivity contribution in [2.75, 3.05) is 0 Å². The zero-order valence-corrected chi connectivity index (χ0v) is 29.9. The molecule has 0 unspecified atom stereocenters. The average Bonchev–Trinajstić information content (AvgIpc) is 3.83. The van der Waals surface area contributed by atoms with Crippen molar-refractivity contribution in [3.63, 3.8) is 0 Å². The SMILES string of the molecule is CC1(C)c2ccccc2-c2c1cc1c(c2C2=Cc3c(oc4ccccc34)CC2)c2ccccc2n1-c1cc(-c2ccccc2)cc(-c2ccccc2)c1. The Morgan fingerprint density at radius 3 is 1.92 bits per heavy atom. The van der Waals surface area contributed by atoms with Crippen LogP contribution in [0, 0.1) is 0 Å². The van der Waals surface area contributed by atoms with Crippen LogP contribution >= 0.6 is 0 Å². The summed E-state index contributed by atoms with van der Waals surface area (Å²) in [5, 5.41) is 3.79. The van der Waals surface area contributed by atoms with Crippen LogP contribution in [0.2, 0.25) is 0 Å². The van der Waals surface area contributed by atoms with E-state index in [4.69, 9.17) is 4.42 Å². The van der Waals surface area contributed by atoms with Gasteiger partial charge in [-0.05, 0) is 105 Å². The molecule has 9 aromatic rings. The number of benzene rings is 7. The zero-order chi connectivity index (χ0) is 35.3. The third kappa shape index (κ3) is 4.45. The molecule has 0 N–H and O–H groups in total. The number of aryl methyl sites for hydroxylation is 1. The van der Waals surface area contributed by atoms with Gasteiger partial charge < -0.3 is 8.98 Å². The second kappa shape index (κ2) is 11.3. The van der Waals surface area contributed by atoms with Gasteiger partial charge >= 0.3 is 0 Å². The standard InChI is InChI=1S/C51H37NO/c1-51(2)42-22-12-9-20-39(42)49-43(51)31-45-50(48(49)34-25-26-47-41(30-34)38-19-11-14-24-46(38)53-47)40-21-10-13-23-44(40)52(45)37-28-35(32-15-5-3-6-16-32)27-36(29-37)33-17-7-4-8-18-33/h3-24,27-31H,25-26H2,1-2H3. The van der Waals surface area contributed by atoms with Crippen LogP contribution in [-0.4, -0.2) is 4.57 Å². The number of rotatable bonds is 4. The summed E-state index contributed by atoms with van der Waals surface area (Å²) in [5.41, 5.74) is 18.7. The minimum absolute atomic E-state index is 0.167. The van der Waals surface area contributed by atoms with Gasteiger partial charge in [-0.3, -0.25) is 0 Å².